The second kappa shape index (κ2) is 7.81. The van der Waals surface area contributed by atoms with E-state index in [-0.39, 0.29) is 24.3 Å². The Labute approximate surface area is 152 Å². The minimum atomic E-state index is -0.635. The Balaban J connectivity index is 1.62. The monoisotopic (exact) mass is 359 g/mol. The zero-order valence-electron chi connectivity index (χ0n) is 15.5. The van der Waals surface area contributed by atoms with Crippen LogP contribution in [-0.4, -0.2) is 31.6 Å². The number of benzene rings is 1. The second-order valence-corrected chi connectivity index (χ2v) is 6.93. The number of methoxy groups -OCH3 is 1. The molecule has 140 valence electrons. The summed E-state index contributed by atoms with van der Waals surface area (Å²) in [6.07, 6.45) is 4.42. The van der Waals surface area contributed by atoms with Crippen molar-refractivity contribution in [1.29, 1.82) is 0 Å². The van der Waals surface area contributed by atoms with Gasteiger partial charge in [-0.2, -0.15) is 0 Å². The molecular weight excluding hydrogens is 334 g/mol. The molecule has 1 aliphatic carbocycles. The van der Waals surface area contributed by atoms with E-state index >= 15 is 0 Å². The van der Waals surface area contributed by atoms with Crippen LogP contribution in [0, 0.1) is 12.8 Å². The average molecular weight is 359 g/mol. The van der Waals surface area contributed by atoms with Gasteiger partial charge in [0.05, 0.1) is 7.11 Å². The number of hydrogen-bond acceptors (Lipinski definition) is 5. The summed E-state index contributed by atoms with van der Waals surface area (Å²) in [7, 11) is 1.58. The molecule has 3 rings (SSSR count). The number of aryl methyl sites for hydroxylation is 1. The van der Waals surface area contributed by atoms with Crippen LogP contribution < -0.4 is 10.1 Å². The Bertz CT molecular complexity index is 810. The van der Waals surface area contributed by atoms with E-state index in [0.29, 0.717) is 22.8 Å². The highest BCUT2D eigenvalue weighted by Crippen LogP contribution is 2.29. The Morgan fingerprint density at radius 2 is 2.04 bits per heavy atom. The van der Waals surface area contributed by atoms with Gasteiger partial charge in [0.1, 0.15) is 11.3 Å². The lowest BCUT2D eigenvalue weighted by Gasteiger charge is -2.29. The SMILES string of the molecule is COc1ccc2oc(C(=O)OCC(=O)N[C@@H]3CCCC[C@@H]3C)c(C)c2c1. The summed E-state index contributed by atoms with van der Waals surface area (Å²) in [4.78, 5) is 24.4. The van der Waals surface area contributed by atoms with E-state index in [1.165, 1.54) is 6.42 Å². The highest BCUT2D eigenvalue weighted by atomic mass is 16.5. The van der Waals surface area contributed by atoms with Crippen LogP contribution in [0.4, 0.5) is 0 Å². The largest absolute Gasteiger partial charge is 0.497 e. The van der Waals surface area contributed by atoms with Crippen LogP contribution in [-0.2, 0) is 9.53 Å². The third-order valence-corrected chi connectivity index (χ3v) is 5.12. The van der Waals surface area contributed by atoms with Gasteiger partial charge in [-0.05, 0) is 43.9 Å². The first kappa shape index (κ1) is 18.3. The molecule has 2 aromatic rings. The molecule has 0 saturated heterocycles. The van der Waals surface area contributed by atoms with E-state index in [4.69, 9.17) is 13.9 Å². The maximum atomic E-state index is 12.3. The van der Waals surface area contributed by atoms with E-state index < -0.39 is 5.97 Å². The van der Waals surface area contributed by atoms with E-state index in [0.717, 1.165) is 24.6 Å². The van der Waals surface area contributed by atoms with Gasteiger partial charge in [0.15, 0.2) is 6.61 Å². The van der Waals surface area contributed by atoms with Crippen LogP contribution in [0.2, 0.25) is 0 Å². The zero-order chi connectivity index (χ0) is 18.7. The Morgan fingerprint density at radius 3 is 2.77 bits per heavy atom. The number of carbonyl (C=O) groups excluding carboxylic acids is 2. The Morgan fingerprint density at radius 1 is 1.27 bits per heavy atom. The van der Waals surface area contributed by atoms with Crippen molar-refractivity contribution in [3.8, 4) is 5.75 Å². The van der Waals surface area contributed by atoms with Crippen molar-refractivity contribution in [3.05, 3.63) is 29.5 Å². The van der Waals surface area contributed by atoms with Gasteiger partial charge in [0, 0.05) is 17.0 Å². The van der Waals surface area contributed by atoms with Gasteiger partial charge in [-0.25, -0.2) is 4.79 Å². The van der Waals surface area contributed by atoms with Gasteiger partial charge >= 0.3 is 5.97 Å². The summed E-state index contributed by atoms with van der Waals surface area (Å²) in [5.74, 6) is 0.349. The van der Waals surface area contributed by atoms with Crippen molar-refractivity contribution in [3.63, 3.8) is 0 Å². The number of rotatable bonds is 5. The first-order chi connectivity index (χ1) is 12.5. The van der Waals surface area contributed by atoms with Crippen molar-refractivity contribution in [2.45, 2.75) is 45.6 Å². The molecular formula is C20H25NO5. The van der Waals surface area contributed by atoms with E-state index in [1.54, 1.807) is 26.2 Å². The van der Waals surface area contributed by atoms with Crippen LogP contribution in [0.1, 0.15) is 48.7 Å². The fourth-order valence-corrected chi connectivity index (χ4v) is 3.50. The van der Waals surface area contributed by atoms with Crippen LogP contribution in [0.3, 0.4) is 0 Å². The molecule has 0 aliphatic heterocycles. The highest BCUT2D eigenvalue weighted by molar-refractivity contribution is 5.97. The van der Waals surface area contributed by atoms with Crippen LogP contribution >= 0.6 is 0 Å². The number of furan rings is 1. The van der Waals surface area contributed by atoms with E-state index in [1.807, 2.05) is 6.07 Å². The standard InChI is InChI=1S/C20H25NO5/c1-12-6-4-5-7-16(12)21-18(22)11-25-20(23)19-13(2)15-10-14(24-3)8-9-17(15)26-19/h8-10,12,16H,4-7,11H2,1-3H3,(H,21,22)/t12-,16+/m0/s1. The predicted octanol–water partition coefficient (Wildman–Crippen LogP) is 3.60. The van der Waals surface area contributed by atoms with Crippen molar-refractivity contribution in [1.82, 2.24) is 5.32 Å². The number of amides is 1. The number of ether oxygens (including phenoxy) is 2. The third kappa shape index (κ3) is 3.84. The maximum Gasteiger partial charge on any atom is 0.375 e. The normalized spacial score (nSPS) is 20.0. The fraction of sp³-hybridized carbons (Fsp3) is 0.500. The quantitative estimate of drug-likeness (QED) is 0.825. The number of fused-ring (bicyclic) bond motifs is 1. The van der Waals surface area contributed by atoms with Gasteiger partial charge in [0.25, 0.3) is 5.91 Å². The molecule has 0 spiro atoms. The minimum Gasteiger partial charge on any atom is -0.497 e. The lowest BCUT2D eigenvalue weighted by Crippen LogP contribution is -2.42. The summed E-state index contributed by atoms with van der Waals surface area (Å²) in [5, 5.41) is 3.76. The van der Waals surface area contributed by atoms with Crippen molar-refractivity contribution >= 4 is 22.8 Å². The molecule has 26 heavy (non-hydrogen) atoms. The van der Waals surface area contributed by atoms with Crippen molar-refractivity contribution in [2.75, 3.05) is 13.7 Å². The molecule has 0 unspecified atom stereocenters. The van der Waals surface area contributed by atoms with Gasteiger partial charge in [-0.15, -0.1) is 0 Å². The molecule has 1 aliphatic rings. The molecule has 1 N–H and O–H groups in total. The summed E-state index contributed by atoms with van der Waals surface area (Å²) in [5.41, 5.74) is 1.25. The molecule has 0 bridgehead atoms. The average Bonchev–Trinajstić information content (AvgIpc) is 2.98. The summed E-state index contributed by atoms with van der Waals surface area (Å²) >= 11 is 0. The molecule has 0 radical (unpaired) electrons. The molecule has 1 aromatic carbocycles. The summed E-state index contributed by atoms with van der Waals surface area (Å²) in [6.45, 7) is 3.62. The first-order valence-electron chi connectivity index (χ1n) is 9.03. The molecule has 1 heterocycles. The number of nitrogens with one attached hydrogen (secondary N) is 1. The lowest BCUT2D eigenvalue weighted by atomic mass is 9.86. The minimum absolute atomic E-state index is 0.118. The second-order valence-electron chi connectivity index (χ2n) is 6.93. The number of carbonyl (C=O) groups is 2. The molecule has 2 atom stereocenters. The molecule has 1 aromatic heterocycles. The van der Waals surface area contributed by atoms with Gasteiger partial charge < -0.3 is 19.2 Å². The molecule has 6 nitrogen and oxygen atoms in total. The van der Waals surface area contributed by atoms with Crippen LogP contribution in [0.25, 0.3) is 11.0 Å². The lowest BCUT2D eigenvalue weighted by molar-refractivity contribution is -0.125. The van der Waals surface area contributed by atoms with E-state index in [9.17, 15) is 9.59 Å². The summed E-state index contributed by atoms with van der Waals surface area (Å²) in [6, 6.07) is 5.48. The molecule has 1 fully saturated rings. The summed E-state index contributed by atoms with van der Waals surface area (Å²) < 4.78 is 16.0. The fourth-order valence-electron chi connectivity index (χ4n) is 3.50. The Kier molecular flexibility index (Phi) is 5.49. The molecule has 1 saturated carbocycles. The highest BCUT2D eigenvalue weighted by Gasteiger charge is 2.24. The van der Waals surface area contributed by atoms with Gasteiger partial charge in [-0.3, -0.25) is 4.79 Å². The number of esters is 1. The van der Waals surface area contributed by atoms with Crippen molar-refractivity contribution in [2.24, 2.45) is 5.92 Å². The van der Waals surface area contributed by atoms with Gasteiger partial charge in [0.2, 0.25) is 5.76 Å². The smallest absolute Gasteiger partial charge is 0.375 e. The predicted molar refractivity (Wildman–Crippen MR) is 97.3 cm³/mol. The molecule has 1 amide bonds. The zero-order valence-corrected chi connectivity index (χ0v) is 15.5. The van der Waals surface area contributed by atoms with E-state index in [2.05, 4.69) is 12.2 Å². The van der Waals surface area contributed by atoms with Crippen LogP contribution in [0.5, 0.6) is 5.75 Å². The maximum absolute atomic E-state index is 12.3. The first-order valence-corrected chi connectivity index (χ1v) is 9.03. The third-order valence-electron chi connectivity index (χ3n) is 5.12. The van der Waals surface area contributed by atoms with Crippen LogP contribution in [0.15, 0.2) is 22.6 Å². The van der Waals surface area contributed by atoms with Gasteiger partial charge in [-0.1, -0.05) is 19.8 Å². The number of hydrogen-bond donors (Lipinski definition) is 1. The van der Waals surface area contributed by atoms with Crippen molar-refractivity contribution < 1.29 is 23.5 Å². The topological polar surface area (TPSA) is 77.8 Å². The molecule has 6 heteroatoms. The Hall–Kier alpha value is -2.50.